The van der Waals surface area contributed by atoms with Crippen molar-refractivity contribution in [1.29, 1.82) is 0 Å². The molecular formula is C21H30N6O. The Morgan fingerprint density at radius 1 is 1.14 bits per heavy atom. The fourth-order valence-electron chi connectivity index (χ4n) is 3.29. The van der Waals surface area contributed by atoms with Crippen LogP contribution < -0.4 is 15.0 Å². The summed E-state index contributed by atoms with van der Waals surface area (Å²) < 4.78 is 5.63. The molecule has 2 aromatic rings. The number of nitrogens with one attached hydrogen (secondary N) is 1. The number of rotatable bonds is 6. The molecule has 1 aromatic heterocycles. The molecule has 1 fully saturated rings. The van der Waals surface area contributed by atoms with Gasteiger partial charge in [-0.2, -0.15) is 0 Å². The van der Waals surface area contributed by atoms with Gasteiger partial charge >= 0.3 is 0 Å². The maximum atomic E-state index is 5.63. The highest BCUT2D eigenvalue weighted by Gasteiger charge is 2.21. The zero-order valence-electron chi connectivity index (χ0n) is 17.1. The summed E-state index contributed by atoms with van der Waals surface area (Å²) in [5.74, 6) is 2.71. The number of aliphatic imine (C=N–C) groups is 1. The summed E-state index contributed by atoms with van der Waals surface area (Å²) in [7, 11) is 0. The quantitative estimate of drug-likeness (QED) is 0.612. The minimum absolute atomic E-state index is 0.650. The Labute approximate surface area is 167 Å². The zero-order chi connectivity index (χ0) is 19.8. The van der Waals surface area contributed by atoms with Gasteiger partial charge in [0.2, 0.25) is 5.95 Å². The van der Waals surface area contributed by atoms with E-state index >= 15 is 0 Å². The van der Waals surface area contributed by atoms with E-state index in [4.69, 9.17) is 9.73 Å². The van der Waals surface area contributed by atoms with Gasteiger partial charge in [-0.3, -0.25) is 0 Å². The number of piperazine rings is 1. The number of benzene rings is 1. The van der Waals surface area contributed by atoms with Gasteiger partial charge in [0.1, 0.15) is 5.75 Å². The SMILES string of the molecule is CCNC(=NCc1ccc(OCC)c(C)c1)N1CCN(c2ncccn2)CC1. The monoisotopic (exact) mass is 382 g/mol. The smallest absolute Gasteiger partial charge is 0.225 e. The number of nitrogens with zero attached hydrogens (tertiary/aromatic N) is 5. The van der Waals surface area contributed by atoms with Gasteiger partial charge in [-0.25, -0.2) is 15.0 Å². The molecular weight excluding hydrogens is 352 g/mol. The fourth-order valence-corrected chi connectivity index (χ4v) is 3.29. The van der Waals surface area contributed by atoms with Crippen molar-refractivity contribution in [3.63, 3.8) is 0 Å². The van der Waals surface area contributed by atoms with Crippen LogP contribution in [0.2, 0.25) is 0 Å². The van der Waals surface area contributed by atoms with E-state index in [2.05, 4.69) is 51.1 Å². The predicted molar refractivity (Wildman–Crippen MR) is 113 cm³/mol. The van der Waals surface area contributed by atoms with Gasteiger partial charge in [0, 0.05) is 45.1 Å². The highest BCUT2D eigenvalue weighted by Crippen LogP contribution is 2.19. The molecule has 7 heteroatoms. The van der Waals surface area contributed by atoms with Gasteiger partial charge in [0.05, 0.1) is 13.2 Å². The van der Waals surface area contributed by atoms with E-state index in [0.717, 1.165) is 55.9 Å². The molecule has 28 heavy (non-hydrogen) atoms. The fraction of sp³-hybridized carbons (Fsp3) is 0.476. The Morgan fingerprint density at radius 3 is 2.54 bits per heavy atom. The van der Waals surface area contributed by atoms with Crippen LogP contribution in [-0.2, 0) is 6.54 Å². The molecule has 1 aliphatic heterocycles. The first-order valence-electron chi connectivity index (χ1n) is 9.98. The van der Waals surface area contributed by atoms with E-state index < -0.39 is 0 Å². The number of aromatic nitrogens is 2. The lowest BCUT2D eigenvalue weighted by molar-refractivity contribution is 0.338. The highest BCUT2D eigenvalue weighted by atomic mass is 16.5. The van der Waals surface area contributed by atoms with Crippen LogP contribution in [0.5, 0.6) is 5.75 Å². The first-order valence-corrected chi connectivity index (χ1v) is 9.98. The highest BCUT2D eigenvalue weighted by molar-refractivity contribution is 5.80. The third-order valence-electron chi connectivity index (χ3n) is 4.70. The van der Waals surface area contributed by atoms with Crippen LogP contribution in [0.1, 0.15) is 25.0 Å². The summed E-state index contributed by atoms with van der Waals surface area (Å²) in [6.45, 7) is 11.9. The van der Waals surface area contributed by atoms with E-state index in [1.54, 1.807) is 12.4 Å². The van der Waals surface area contributed by atoms with Crippen LogP contribution in [-0.4, -0.2) is 60.2 Å². The van der Waals surface area contributed by atoms with E-state index in [0.29, 0.717) is 13.2 Å². The minimum atomic E-state index is 0.650. The topological polar surface area (TPSA) is 65.9 Å². The molecule has 1 N–H and O–H groups in total. The van der Waals surface area contributed by atoms with E-state index in [-0.39, 0.29) is 0 Å². The first-order chi connectivity index (χ1) is 13.7. The van der Waals surface area contributed by atoms with Crippen molar-refractivity contribution >= 4 is 11.9 Å². The van der Waals surface area contributed by atoms with Gasteiger partial charge in [-0.05, 0) is 44.0 Å². The lowest BCUT2D eigenvalue weighted by atomic mass is 10.1. The normalized spacial score (nSPS) is 14.9. The van der Waals surface area contributed by atoms with Crippen LogP contribution >= 0.6 is 0 Å². The van der Waals surface area contributed by atoms with E-state index in [1.807, 2.05) is 19.1 Å². The maximum absolute atomic E-state index is 5.63. The Kier molecular flexibility index (Phi) is 7.06. The Bertz CT molecular complexity index is 772. The summed E-state index contributed by atoms with van der Waals surface area (Å²) in [4.78, 5) is 18.1. The van der Waals surface area contributed by atoms with Crippen LogP contribution in [0.4, 0.5) is 5.95 Å². The summed E-state index contributed by atoms with van der Waals surface area (Å²) in [6, 6.07) is 8.13. The second-order valence-corrected chi connectivity index (χ2v) is 6.73. The molecule has 3 rings (SSSR count). The molecule has 0 radical (unpaired) electrons. The molecule has 150 valence electrons. The van der Waals surface area contributed by atoms with Crippen molar-refractivity contribution in [2.24, 2.45) is 4.99 Å². The third-order valence-corrected chi connectivity index (χ3v) is 4.70. The van der Waals surface area contributed by atoms with Crippen molar-refractivity contribution in [2.75, 3.05) is 44.2 Å². The molecule has 1 saturated heterocycles. The lowest BCUT2D eigenvalue weighted by Crippen LogP contribution is -2.52. The molecule has 1 aromatic carbocycles. The Balaban J connectivity index is 1.62. The number of hydrogen-bond donors (Lipinski definition) is 1. The molecule has 0 atom stereocenters. The predicted octanol–water partition coefficient (Wildman–Crippen LogP) is 2.47. The molecule has 0 unspecified atom stereocenters. The molecule has 7 nitrogen and oxygen atoms in total. The summed E-state index contributed by atoms with van der Waals surface area (Å²) in [6.07, 6.45) is 3.58. The van der Waals surface area contributed by atoms with E-state index in [9.17, 15) is 0 Å². The van der Waals surface area contributed by atoms with Gasteiger partial charge in [-0.1, -0.05) is 12.1 Å². The second-order valence-electron chi connectivity index (χ2n) is 6.73. The Hall–Kier alpha value is -2.83. The van der Waals surface area contributed by atoms with Crippen molar-refractivity contribution < 1.29 is 4.74 Å². The molecule has 0 aliphatic carbocycles. The van der Waals surface area contributed by atoms with Gasteiger partial charge in [0.15, 0.2) is 5.96 Å². The Morgan fingerprint density at radius 2 is 1.89 bits per heavy atom. The second kappa shape index (κ2) is 9.92. The molecule has 1 aliphatic rings. The average molecular weight is 383 g/mol. The van der Waals surface area contributed by atoms with E-state index in [1.165, 1.54) is 5.56 Å². The first kappa shape index (κ1) is 19.9. The summed E-state index contributed by atoms with van der Waals surface area (Å²) >= 11 is 0. The third kappa shape index (κ3) is 5.12. The molecule has 0 saturated carbocycles. The zero-order valence-corrected chi connectivity index (χ0v) is 17.1. The van der Waals surface area contributed by atoms with Gasteiger partial charge < -0.3 is 19.9 Å². The number of ether oxygens (including phenoxy) is 1. The van der Waals surface area contributed by atoms with Crippen LogP contribution in [0.3, 0.4) is 0 Å². The van der Waals surface area contributed by atoms with Crippen molar-refractivity contribution in [1.82, 2.24) is 20.2 Å². The maximum Gasteiger partial charge on any atom is 0.225 e. The number of aryl methyl sites for hydroxylation is 1. The number of hydrogen-bond acceptors (Lipinski definition) is 5. The van der Waals surface area contributed by atoms with Gasteiger partial charge in [0.25, 0.3) is 0 Å². The molecule has 0 spiro atoms. The number of guanidine groups is 1. The van der Waals surface area contributed by atoms with Crippen molar-refractivity contribution in [3.05, 3.63) is 47.8 Å². The lowest BCUT2D eigenvalue weighted by Gasteiger charge is -2.36. The van der Waals surface area contributed by atoms with Crippen molar-refractivity contribution in [2.45, 2.75) is 27.3 Å². The van der Waals surface area contributed by atoms with Crippen LogP contribution in [0.25, 0.3) is 0 Å². The average Bonchev–Trinajstić information content (AvgIpc) is 2.74. The van der Waals surface area contributed by atoms with Crippen molar-refractivity contribution in [3.8, 4) is 5.75 Å². The number of anilines is 1. The van der Waals surface area contributed by atoms with Crippen LogP contribution in [0, 0.1) is 6.92 Å². The minimum Gasteiger partial charge on any atom is -0.494 e. The standard InChI is InChI=1S/C21H30N6O/c1-4-22-20(25-16-18-7-8-19(28-5-2)17(3)15-18)26-11-13-27(14-12-26)21-23-9-6-10-24-21/h6-10,15H,4-5,11-14,16H2,1-3H3,(H,22,25). The molecule has 0 amide bonds. The van der Waals surface area contributed by atoms with Crippen LogP contribution in [0.15, 0.2) is 41.7 Å². The largest absolute Gasteiger partial charge is 0.494 e. The molecule has 2 heterocycles. The molecule has 0 bridgehead atoms. The summed E-state index contributed by atoms with van der Waals surface area (Å²) in [5.41, 5.74) is 2.34. The van der Waals surface area contributed by atoms with Gasteiger partial charge in [-0.15, -0.1) is 0 Å². The summed E-state index contributed by atoms with van der Waals surface area (Å²) in [5, 5.41) is 3.42.